The molecule has 2 rings (SSSR count). The molecule has 0 aliphatic heterocycles. The fraction of sp³-hybridized carbons (Fsp3) is 0.111. The molecule has 1 amide bonds. The molecular weight excluding hydrogens is 244 g/mol. The van der Waals surface area contributed by atoms with Gasteiger partial charge < -0.3 is 0 Å². The topological polar surface area (TPSA) is 67.2 Å². The highest BCUT2D eigenvalue weighted by atomic mass is 32.1. The minimum Gasteiger partial charge on any atom is -0.266 e. The third-order valence-corrected chi connectivity index (χ3v) is 3.39. The molecule has 5 nitrogen and oxygen atoms in total. The molecule has 0 bridgehead atoms. The fourth-order valence-electron chi connectivity index (χ4n) is 1.01. The van der Waals surface area contributed by atoms with Gasteiger partial charge in [0.25, 0.3) is 5.91 Å². The summed E-state index contributed by atoms with van der Waals surface area (Å²) in [4.78, 5) is 13.0. The Kier molecular flexibility index (Phi) is 3.37. The molecule has 0 spiro atoms. The van der Waals surface area contributed by atoms with Crippen LogP contribution < -0.4 is 5.43 Å². The first-order valence-corrected chi connectivity index (χ1v) is 6.08. The van der Waals surface area contributed by atoms with Gasteiger partial charge in [0.1, 0.15) is 4.88 Å². The van der Waals surface area contributed by atoms with Crippen LogP contribution in [0.3, 0.4) is 0 Å². The highest BCUT2D eigenvalue weighted by Crippen LogP contribution is 2.08. The number of amides is 1. The zero-order valence-corrected chi connectivity index (χ0v) is 10.0. The van der Waals surface area contributed by atoms with Gasteiger partial charge in [-0.1, -0.05) is 10.6 Å². The Labute approximate surface area is 100.0 Å². The molecule has 2 aromatic rings. The average Bonchev–Trinajstić information content (AvgIpc) is 2.88. The largest absolute Gasteiger partial charge is 0.285 e. The van der Waals surface area contributed by atoms with Crippen molar-refractivity contribution >= 4 is 35.0 Å². The Bertz CT molecular complexity index is 503. The molecule has 0 atom stereocenters. The number of aryl methyl sites for hydroxylation is 1. The molecule has 0 fully saturated rings. The molecule has 0 unspecified atom stereocenters. The standard InChI is InChI=1S/C9H8N4OS2/c1-6-8(16-13-11-6)9(14)12-10-5-7-3-2-4-15-7/h2-5H,1H3,(H,12,14)/b10-5-. The van der Waals surface area contributed by atoms with Crippen LogP contribution in [-0.2, 0) is 0 Å². The van der Waals surface area contributed by atoms with E-state index in [4.69, 9.17) is 0 Å². The summed E-state index contributed by atoms with van der Waals surface area (Å²) < 4.78 is 3.68. The zero-order valence-electron chi connectivity index (χ0n) is 8.38. The van der Waals surface area contributed by atoms with Gasteiger partial charge in [-0.25, -0.2) is 5.43 Å². The molecule has 2 aromatic heterocycles. The lowest BCUT2D eigenvalue weighted by Gasteiger charge is -1.94. The Morgan fingerprint density at radius 3 is 3.12 bits per heavy atom. The van der Waals surface area contributed by atoms with E-state index in [0.717, 1.165) is 16.4 Å². The first-order chi connectivity index (χ1) is 7.77. The number of aromatic nitrogens is 2. The number of thiophene rings is 1. The summed E-state index contributed by atoms with van der Waals surface area (Å²) in [6, 6.07) is 3.84. The number of nitrogens with zero attached hydrogens (tertiary/aromatic N) is 3. The second-order valence-electron chi connectivity index (χ2n) is 2.90. The Hall–Kier alpha value is -1.60. The Morgan fingerprint density at radius 2 is 2.50 bits per heavy atom. The van der Waals surface area contributed by atoms with Crippen LogP contribution in [0.5, 0.6) is 0 Å². The van der Waals surface area contributed by atoms with Gasteiger partial charge in [0.2, 0.25) is 0 Å². The van der Waals surface area contributed by atoms with E-state index >= 15 is 0 Å². The summed E-state index contributed by atoms with van der Waals surface area (Å²) in [6.07, 6.45) is 1.60. The zero-order chi connectivity index (χ0) is 11.4. The predicted molar refractivity (Wildman–Crippen MR) is 64.0 cm³/mol. The minimum absolute atomic E-state index is 0.277. The molecule has 0 saturated carbocycles. The monoisotopic (exact) mass is 252 g/mol. The van der Waals surface area contributed by atoms with Crippen molar-refractivity contribution in [2.24, 2.45) is 5.10 Å². The summed E-state index contributed by atoms with van der Waals surface area (Å²) in [7, 11) is 0. The molecule has 0 saturated heterocycles. The number of rotatable bonds is 3. The van der Waals surface area contributed by atoms with Crippen LogP contribution in [0.15, 0.2) is 22.6 Å². The summed E-state index contributed by atoms with van der Waals surface area (Å²) in [6.45, 7) is 1.74. The maximum atomic E-state index is 11.6. The van der Waals surface area contributed by atoms with Gasteiger partial charge in [0.15, 0.2) is 0 Å². The van der Waals surface area contributed by atoms with E-state index in [9.17, 15) is 4.79 Å². The first kappa shape index (κ1) is 10.9. The van der Waals surface area contributed by atoms with Gasteiger partial charge >= 0.3 is 0 Å². The summed E-state index contributed by atoms with van der Waals surface area (Å²) in [5.41, 5.74) is 3.05. The lowest BCUT2D eigenvalue weighted by molar-refractivity contribution is 0.0958. The summed E-state index contributed by atoms with van der Waals surface area (Å²) >= 11 is 2.61. The molecule has 0 aliphatic carbocycles. The Balaban J connectivity index is 1.97. The third kappa shape index (κ3) is 2.50. The van der Waals surface area contributed by atoms with Crippen molar-refractivity contribution in [3.05, 3.63) is 33.0 Å². The Morgan fingerprint density at radius 1 is 1.62 bits per heavy atom. The molecule has 0 aliphatic rings. The number of hydrogen-bond acceptors (Lipinski definition) is 6. The van der Waals surface area contributed by atoms with Gasteiger partial charge in [-0.05, 0) is 29.9 Å². The number of hydrazone groups is 1. The van der Waals surface area contributed by atoms with Gasteiger partial charge in [-0.15, -0.1) is 16.4 Å². The SMILES string of the molecule is Cc1nnsc1C(=O)N/N=C\c1cccs1. The van der Waals surface area contributed by atoms with Gasteiger partial charge in [0.05, 0.1) is 11.9 Å². The number of carbonyl (C=O) groups excluding carboxylic acids is 1. The van der Waals surface area contributed by atoms with Crippen LogP contribution >= 0.6 is 22.9 Å². The van der Waals surface area contributed by atoms with Crippen LogP contribution in [-0.4, -0.2) is 21.7 Å². The normalized spacial score (nSPS) is 10.8. The van der Waals surface area contributed by atoms with Crippen molar-refractivity contribution < 1.29 is 4.79 Å². The second-order valence-corrected chi connectivity index (χ2v) is 4.64. The average molecular weight is 252 g/mol. The number of nitrogens with one attached hydrogen (secondary N) is 1. The smallest absolute Gasteiger partial charge is 0.266 e. The molecule has 0 aromatic carbocycles. The third-order valence-electron chi connectivity index (χ3n) is 1.76. The van der Waals surface area contributed by atoms with Crippen molar-refractivity contribution in [3.8, 4) is 0 Å². The molecular formula is C9H8N4OS2. The van der Waals surface area contributed by atoms with Crippen molar-refractivity contribution in [1.82, 2.24) is 15.0 Å². The van der Waals surface area contributed by atoms with Crippen LogP contribution in [0.2, 0.25) is 0 Å². The molecule has 2 heterocycles. The molecule has 0 radical (unpaired) electrons. The maximum Gasteiger partial charge on any atom is 0.285 e. The van der Waals surface area contributed by atoms with E-state index in [0.29, 0.717) is 10.6 Å². The lowest BCUT2D eigenvalue weighted by atomic mass is 10.4. The van der Waals surface area contributed by atoms with Crippen LogP contribution in [0, 0.1) is 6.92 Å². The highest BCUT2D eigenvalue weighted by molar-refractivity contribution is 7.11. The van der Waals surface area contributed by atoms with E-state index in [1.807, 2.05) is 17.5 Å². The molecule has 16 heavy (non-hydrogen) atoms. The van der Waals surface area contributed by atoms with E-state index in [2.05, 4.69) is 20.1 Å². The van der Waals surface area contributed by atoms with Gasteiger partial charge in [0, 0.05) is 4.88 Å². The van der Waals surface area contributed by atoms with Crippen LogP contribution in [0.4, 0.5) is 0 Å². The number of carbonyl (C=O) groups is 1. The molecule has 7 heteroatoms. The van der Waals surface area contributed by atoms with Crippen molar-refractivity contribution in [2.45, 2.75) is 6.92 Å². The van der Waals surface area contributed by atoms with Crippen molar-refractivity contribution in [2.75, 3.05) is 0 Å². The fourth-order valence-corrected chi connectivity index (χ4v) is 2.14. The van der Waals surface area contributed by atoms with Gasteiger partial charge in [-0.2, -0.15) is 5.10 Å². The molecule has 82 valence electrons. The minimum atomic E-state index is -0.277. The quantitative estimate of drug-likeness (QED) is 0.667. The van der Waals surface area contributed by atoms with E-state index in [-0.39, 0.29) is 5.91 Å². The number of hydrogen-bond donors (Lipinski definition) is 1. The summed E-state index contributed by atoms with van der Waals surface area (Å²) in [5.74, 6) is -0.277. The van der Waals surface area contributed by atoms with E-state index < -0.39 is 0 Å². The summed E-state index contributed by atoms with van der Waals surface area (Å²) in [5, 5.41) is 9.55. The first-order valence-electron chi connectivity index (χ1n) is 4.43. The second kappa shape index (κ2) is 4.95. The molecule has 1 N–H and O–H groups in total. The predicted octanol–water partition coefficient (Wildman–Crippen LogP) is 1.67. The van der Waals surface area contributed by atoms with E-state index in [1.54, 1.807) is 24.5 Å². The van der Waals surface area contributed by atoms with Crippen LogP contribution in [0.1, 0.15) is 20.2 Å². The lowest BCUT2D eigenvalue weighted by Crippen LogP contribution is -2.17. The van der Waals surface area contributed by atoms with Crippen LogP contribution in [0.25, 0.3) is 0 Å². The van der Waals surface area contributed by atoms with E-state index in [1.165, 1.54) is 0 Å². The maximum absolute atomic E-state index is 11.6. The highest BCUT2D eigenvalue weighted by Gasteiger charge is 2.11. The van der Waals surface area contributed by atoms with Gasteiger partial charge in [-0.3, -0.25) is 4.79 Å². The van der Waals surface area contributed by atoms with Crippen molar-refractivity contribution in [1.29, 1.82) is 0 Å². The van der Waals surface area contributed by atoms with Crippen molar-refractivity contribution in [3.63, 3.8) is 0 Å².